The summed E-state index contributed by atoms with van der Waals surface area (Å²) in [5.74, 6) is -1.47. The fourth-order valence-electron chi connectivity index (χ4n) is 7.98. The summed E-state index contributed by atoms with van der Waals surface area (Å²) in [6.07, 6.45) is 57.6. The Morgan fingerprint density at radius 1 is 0.458 bits per heavy atom. The van der Waals surface area contributed by atoms with Crippen LogP contribution in [0, 0.1) is 0 Å². The Bertz CT molecular complexity index is 1350. The molecule has 424 valence electrons. The van der Waals surface area contributed by atoms with Crippen molar-refractivity contribution >= 4 is 25.7 Å². The summed E-state index contributed by atoms with van der Waals surface area (Å²) in [4.78, 5) is 45.6. The molecule has 0 radical (unpaired) electrons. The number of likely N-dealkylation sites (N-methyl/N-ethyl adjacent to an activating group) is 1. The van der Waals surface area contributed by atoms with Gasteiger partial charge in [-0.3, -0.25) is 23.4 Å². The molecular weight excluding hydrogens is 926 g/mol. The first-order valence-electron chi connectivity index (χ1n) is 29.7. The number of ether oxygens (including phenoxy) is 2. The molecule has 0 aromatic rings. The quantitative estimate of drug-likeness (QED) is 0.0198. The smallest absolute Gasteiger partial charge is 0.472 e. The molecule has 0 rings (SSSR count). The Kier molecular flexibility index (Phi) is 54.8. The predicted octanol–water partition coefficient (Wildman–Crippen LogP) is 17.7. The van der Waals surface area contributed by atoms with Gasteiger partial charge in [0.15, 0.2) is 6.10 Å². The van der Waals surface area contributed by atoms with Crippen LogP contribution in [0.4, 0.5) is 0 Å². The fraction of sp³-hybridized carbons (Fsp3) is 0.850. The molecule has 12 heteroatoms. The van der Waals surface area contributed by atoms with Crippen molar-refractivity contribution in [1.29, 1.82) is 0 Å². The predicted molar refractivity (Wildman–Crippen MR) is 302 cm³/mol. The molecule has 0 saturated heterocycles. The lowest BCUT2D eigenvalue weighted by Crippen LogP contribution is -2.37. The highest BCUT2D eigenvalue weighted by molar-refractivity contribution is 7.47. The molecule has 2 unspecified atom stereocenters. The van der Waals surface area contributed by atoms with Crippen LogP contribution in [0.5, 0.6) is 0 Å². The molecule has 0 spiro atoms. The van der Waals surface area contributed by atoms with Gasteiger partial charge in [-0.1, -0.05) is 218 Å². The van der Waals surface area contributed by atoms with Gasteiger partial charge >= 0.3 is 25.7 Å². The number of aliphatic carboxylic acids is 1. The molecule has 0 aliphatic heterocycles. The zero-order valence-corrected chi connectivity index (χ0v) is 48.6. The van der Waals surface area contributed by atoms with Crippen LogP contribution in [-0.2, 0) is 37.5 Å². The average molecular weight is 1040 g/mol. The highest BCUT2D eigenvalue weighted by Gasteiger charge is 2.27. The SMILES string of the molecule is CCCCC/C=C\C/C=C\CCCCCCCC(=O)O.CCCCCCCC/C=C/CCCCCCCC(=O)OC(COC(=O)CCCCCCCCCCCCCCC)COP(=O)(O)OCC[N+](C)(C)C. The average Bonchev–Trinajstić information content (AvgIpc) is 3.33. The third kappa shape index (κ3) is 62.0. The summed E-state index contributed by atoms with van der Waals surface area (Å²) in [6, 6.07) is 0. The molecule has 0 heterocycles. The van der Waals surface area contributed by atoms with Crippen LogP contribution in [0.15, 0.2) is 36.5 Å². The van der Waals surface area contributed by atoms with Crippen LogP contribution in [-0.4, -0.2) is 86.0 Å². The Balaban J connectivity index is 0. The number of hydrogen-bond donors (Lipinski definition) is 2. The molecule has 0 saturated carbocycles. The molecule has 2 atom stereocenters. The van der Waals surface area contributed by atoms with Crippen molar-refractivity contribution in [2.45, 2.75) is 284 Å². The first-order valence-corrected chi connectivity index (χ1v) is 31.2. The Hall–Kier alpha value is -2.30. The van der Waals surface area contributed by atoms with Crippen LogP contribution in [0.25, 0.3) is 0 Å². The lowest BCUT2D eigenvalue weighted by Gasteiger charge is -2.24. The second-order valence-corrected chi connectivity index (χ2v) is 22.6. The fourth-order valence-corrected chi connectivity index (χ4v) is 8.72. The van der Waals surface area contributed by atoms with Gasteiger partial charge in [0.2, 0.25) is 0 Å². The van der Waals surface area contributed by atoms with Crippen molar-refractivity contribution in [1.82, 2.24) is 0 Å². The number of rotatable bonds is 53. The van der Waals surface area contributed by atoms with Crippen LogP contribution in [0.1, 0.15) is 278 Å². The van der Waals surface area contributed by atoms with E-state index in [2.05, 4.69) is 57.2 Å². The number of quaternary nitrogens is 1. The second kappa shape index (κ2) is 54.9. The normalized spacial score (nSPS) is 13.2. The first kappa shape index (κ1) is 71.8. The zero-order valence-electron chi connectivity index (χ0n) is 47.7. The summed E-state index contributed by atoms with van der Waals surface area (Å²) >= 11 is 0. The standard InChI is InChI=1S/C42H82NO8P.C18H32O2/c1-6-8-10-12-14-16-18-20-21-23-25-27-29-31-33-35-42(45)51-40(39-50-52(46,47)49-37-36-43(3,4)5)38-48-41(44)34-32-30-28-26-24-22-19-17-15-13-11-9-7-2;1-2-3-4-5-6-7-8-9-10-11-12-13-14-15-16-17-18(19)20/h20-21,40H,6-19,22-39H2,1-5H3;6-7,9-10H,2-5,8,11-17H2,1H3,(H,19,20)/p+1/b21-20+;7-6-,10-9-. The minimum Gasteiger partial charge on any atom is -0.481 e. The van der Waals surface area contributed by atoms with E-state index in [9.17, 15) is 23.8 Å². The van der Waals surface area contributed by atoms with Gasteiger partial charge in [-0.15, -0.1) is 0 Å². The van der Waals surface area contributed by atoms with Gasteiger partial charge in [0.05, 0.1) is 27.7 Å². The van der Waals surface area contributed by atoms with E-state index in [1.54, 1.807) is 0 Å². The molecule has 0 amide bonds. The molecule has 0 fully saturated rings. The molecule has 72 heavy (non-hydrogen) atoms. The van der Waals surface area contributed by atoms with E-state index < -0.39 is 32.5 Å². The van der Waals surface area contributed by atoms with E-state index in [1.165, 1.54) is 154 Å². The Morgan fingerprint density at radius 3 is 1.22 bits per heavy atom. The highest BCUT2D eigenvalue weighted by atomic mass is 31.2. The number of allylic oxidation sites excluding steroid dienone is 6. The van der Waals surface area contributed by atoms with Crippen LogP contribution >= 0.6 is 7.82 Å². The van der Waals surface area contributed by atoms with E-state index in [0.717, 1.165) is 77.0 Å². The third-order valence-corrected chi connectivity index (χ3v) is 13.6. The van der Waals surface area contributed by atoms with Crippen molar-refractivity contribution in [3.63, 3.8) is 0 Å². The molecule has 0 bridgehead atoms. The van der Waals surface area contributed by atoms with Gasteiger partial charge in [0.25, 0.3) is 0 Å². The number of carbonyl (C=O) groups is 3. The molecular formula is C60H115NO10P+. The number of esters is 2. The number of phosphoric ester groups is 1. The lowest BCUT2D eigenvalue weighted by molar-refractivity contribution is -0.870. The summed E-state index contributed by atoms with van der Waals surface area (Å²) in [7, 11) is 1.48. The van der Waals surface area contributed by atoms with Gasteiger partial charge in [0, 0.05) is 19.3 Å². The van der Waals surface area contributed by atoms with E-state index >= 15 is 0 Å². The Labute approximate surface area is 443 Å². The van der Waals surface area contributed by atoms with Crippen molar-refractivity contribution in [3.05, 3.63) is 36.5 Å². The molecule has 11 nitrogen and oxygen atoms in total. The largest absolute Gasteiger partial charge is 0.481 e. The molecule has 0 aromatic carbocycles. The number of nitrogens with zero attached hydrogens (tertiary/aromatic N) is 1. The maximum absolute atomic E-state index is 12.7. The van der Waals surface area contributed by atoms with E-state index in [4.69, 9.17) is 23.6 Å². The van der Waals surface area contributed by atoms with Crippen molar-refractivity contribution in [3.8, 4) is 0 Å². The van der Waals surface area contributed by atoms with Crippen molar-refractivity contribution in [2.75, 3.05) is 47.5 Å². The van der Waals surface area contributed by atoms with Crippen LogP contribution < -0.4 is 0 Å². The monoisotopic (exact) mass is 1040 g/mol. The maximum atomic E-state index is 12.7. The van der Waals surface area contributed by atoms with Crippen molar-refractivity contribution < 1.29 is 52.0 Å². The summed E-state index contributed by atoms with van der Waals surface area (Å²) < 4.78 is 34.3. The minimum absolute atomic E-state index is 0.0331. The van der Waals surface area contributed by atoms with Gasteiger partial charge in [-0.25, -0.2) is 4.57 Å². The van der Waals surface area contributed by atoms with E-state index in [-0.39, 0.29) is 25.6 Å². The summed E-state index contributed by atoms with van der Waals surface area (Å²) in [5.41, 5.74) is 0. The van der Waals surface area contributed by atoms with Gasteiger partial charge < -0.3 is 24.0 Å². The topological polar surface area (TPSA) is 146 Å². The highest BCUT2D eigenvalue weighted by Crippen LogP contribution is 2.43. The summed E-state index contributed by atoms with van der Waals surface area (Å²) in [6.45, 7) is 6.65. The number of phosphoric acid groups is 1. The van der Waals surface area contributed by atoms with Gasteiger partial charge in [-0.2, -0.15) is 0 Å². The number of carboxylic acid groups (broad SMARTS) is 1. The lowest BCUT2D eigenvalue weighted by atomic mass is 10.0. The number of carbonyl (C=O) groups excluding carboxylic acids is 2. The summed E-state index contributed by atoms with van der Waals surface area (Å²) in [5, 5.41) is 8.50. The zero-order chi connectivity index (χ0) is 53.5. The number of unbranched alkanes of at least 4 members (excludes halogenated alkanes) is 31. The molecule has 0 aromatic heterocycles. The van der Waals surface area contributed by atoms with Gasteiger partial charge in [-0.05, 0) is 77.0 Å². The van der Waals surface area contributed by atoms with Crippen molar-refractivity contribution in [2.24, 2.45) is 0 Å². The molecule has 0 aliphatic carbocycles. The van der Waals surface area contributed by atoms with Crippen LogP contribution in [0.2, 0.25) is 0 Å². The van der Waals surface area contributed by atoms with Gasteiger partial charge in [0.1, 0.15) is 19.8 Å². The molecule has 2 N–H and O–H groups in total. The Morgan fingerprint density at radius 2 is 0.806 bits per heavy atom. The first-order chi connectivity index (χ1) is 34.8. The maximum Gasteiger partial charge on any atom is 0.472 e. The minimum atomic E-state index is -4.37. The second-order valence-electron chi connectivity index (χ2n) is 21.1. The van der Waals surface area contributed by atoms with Crippen LogP contribution in [0.3, 0.4) is 0 Å². The number of carboxylic acids is 1. The third-order valence-electron chi connectivity index (χ3n) is 12.6. The van der Waals surface area contributed by atoms with E-state index in [0.29, 0.717) is 30.3 Å². The van der Waals surface area contributed by atoms with E-state index in [1.807, 2.05) is 21.1 Å². The number of hydrogen-bond acceptors (Lipinski definition) is 8. The molecule has 0 aliphatic rings.